The Balaban J connectivity index is 1.51. The van der Waals surface area contributed by atoms with Crippen molar-refractivity contribution in [1.82, 2.24) is 9.88 Å². The summed E-state index contributed by atoms with van der Waals surface area (Å²) < 4.78 is 5.37. The molecular formula is C27H25N3O3S. The second kappa shape index (κ2) is 10.4. The highest BCUT2D eigenvalue weighted by Gasteiger charge is 2.12. The molecule has 1 heterocycles. The molecule has 0 fully saturated rings. The number of methoxy groups -OCH3 is 1. The summed E-state index contributed by atoms with van der Waals surface area (Å²) >= 11 is 1.37. The third-order valence-corrected chi connectivity index (χ3v) is 6.16. The number of benzene rings is 3. The summed E-state index contributed by atoms with van der Waals surface area (Å²) in [4.78, 5) is 30.9. The molecule has 6 nitrogen and oxygen atoms in total. The first kappa shape index (κ1) is 23.3. The summed E-state index contributed by atoms with van der Waals surface area (Å²) in [7, 11) is 5.04. The van der Waals surface area contributed by atoms with Crippen LogP contribution in [0.3, 0.4) is 0 Å². The summed E-state index contributed by atoms with van der Waals surface area (Å²) in [5, 5.41) is 4.65. The van der Waals surface area contributed by atoms with Gasteiger partial charge in [-0.2, -0.15) is 0 Å². The molecule has 0 atom stereocenters. The van der Waals surface area contributed by atoms with E-state index in [-0.39, 0.29) is 17.6 Å². The Morgan fingerprint density at radius 1 is 0.971 bits per heavy atom. The van der Waals surface area contributed by atoms with Gasteiger partial charge in [-0.1, -0.05) is 42.1 Å². The molecule has 0 radical (unpaired) electrons. The summed E-state index contributed by atoms with van der Waals surface area (Å²) in [5.41, 5.74) is 4.16. The van der Waals surface area contributed by atoms with E-state index in [2.05, 4.69) is 17.4 Å². The fraction of sp³-hybridized carbons (Fsp3) is 0.148. The molecule has 4 rings (SSSR count). The van der Waals surface area contributed by atoms with Gasteiger partial charge < -0.3 is 15.0 Å². The number of nitrogens with zero attached hydrogens (tertiary/aromatic N) is 2. The number of amides is 2. The monoisotopic (exact) mass is 471 g/mol. The number of fused-ring (bicyclic) bond motifs is 1. The molecule has 1 aromatic heterocycles. The van der Waals surface area contributed by atoms with Crippen molar-refractivity contribution in [3.8, 4) is 16.9 Å². The van der Waals surface area contributed by atoms with Crippen molar-refractivity contribution in [3.63, 3.8) is 0 Å². The van der Waals surface area contributed by atoms with E-state index in [0.717, 1.165) is 32.8 Å². The normalized spacial score (nSPS) is 10.7. The average Bonchev–Trinajstić information content (AvgIpc) is 2.87. The molecular weight excluding hydrogens is 446 g/mol. The number of nitrogens with one attached hydrogen (secondary N) is 1. The topological polar surface area (TPSA) is 71.5 Å². The zero-order valence-corrected chi connectivity index (χ0v) is 20.1. The Labute approximate surface area is 203 Å². The lowest BCUT2D eigenvalue weighted by Gasteiger charge is -2.12. The second-order valence-corrected chi connectivity index (χ2v) is 8.87. The van der Waals surface area contributed by atoms with Crippen LogP contribution in [0.25, 0.3) is 22.0 Å². The van der Waals surface area contributed by atoms with Crippen LogP contribution in [-0.4, -0.2) is 48.7 Å². The number of anilines is 1. The van der Waals surface area contributed by atoms with Crippen molar-refractivity contribution >= 4 is 40.2 Å². The number of rotatable bonds is 7. The van der Waals surface area contributed by atoms with E-state index >= 15 is 0 Å². The molecule has 0 saturated carbocycles. The molecule has 0 aliphatic carbocycles. The van der Waals surface area contributed by atoms with Crippen LogP contribution < -0.4 is 10.1 Å². The number of carbonyl (C=O) groups is 2. The van der Waals surface area contributed by atoms with Gasteiger partial charge in [-0.15, -0.1) is 0 Å². The number of ether oxygens (including phenoxy) is 1. The predicted octanol–water partition coefficient (Wildman–Crippen LogP) is 5.34. The average molecular weight is 472 g/mol. The molecule has 0 aliphatic heterocycles. The lowest BCUT2D eigenvalue weighted by atomic mass is 10.0. The van der Waals surface area contributed by atoms with E-state index in [4.69, 9.17) is 9.72 Å². The molecule has 0 bridgehead atoms. The van der Waals surface area contributed by atoms with Crippen molar-refractivity contribution in [3.05, 3.63) is 84.4 Å². The van der Waals surface area contributed by atoms with Gasteiger partial charge in [0.1, 0.15) is 5.75 Å². The molecule has 0 saturated heterocycles. The molecule has 0 aliphatic rings. The summed E-state index contributed by atoms with van der Waals surface area (Å²) in [5.74, 6) is 0.706. The predicted molar refractivity (Wildman–Crippen MR) is 138 cm³/mol. The summed E-state index contributed by atoms with van der Waals surface area (Å²) in [6.45, 7) is 0. The first-order valence-electron chi connectivity index (χ1n) is 10.7. The van der Waals surface area contributed by atoms with Crippen LogP contribution in [-0.2, 0) is 4.79 Å². The number of hydrogen-bond acceptors (Lipinski definition) is 5. The molecule has 3 aromatic carbocycles. The highest BCUT2D eigenvalue weighted by molar-refractivity contribution is 7.99. The van der Waals surface area contributed by atoms with Gasteiger partial charge in [0.15, 0.2) is 0 Å². The minimum atomic E-state index is -0.148. The smallest absolute Gasteiger partial charge is 0.253 e. The highest BCUT2D eigenvalue weighted by atomic mass is 32.2. The van der Waals surface area contributed by atoms with E-state index < -0.39 is 0 Å². The molecule has 0 spiro atoms. The van der Waals surface area contributed by atoms with Crippen LogP contribution in [0.4, 0.5) is 5.69 Å². The molecule has 4 aromatic rings. The Hall–Kier alpha value is -3.84. The number of aromatic nitrogens is 1. The van der Waals surface area contributed by atoms with Gasteiger partial charge in [0, 0.05) is 36.8 Å². The van der Waals surface area contributed by atoms with Gasteiger partial charge in [-0.25, -0.2) is 4.98 Å². The van der Waals surface area contributed by atoms with Crippen molar-refractivity contribution in [1.29, 1.82) is 0 Å². The lowest BCUT2D eigenvalue weighted by molar-refractivity contribution is -0.113. The largest absolute Gasteiger partial charge is 0.497 e. The van der Waals surface area contributed by atoms with E-state index in [1.807, 2.05) is 42.5 Å². The molecule has 172 valence electrons. The third kappa shape index (κ3) is 5.38. The quantitative estimate of drug-likeness (QED) is 0.368. The van der Waals surface area contributed by atoms with Crippen LogP contribution in [0.5, 0.6) is 5.75 Å². The second-order valence-electron chi connectivity index (χ2n) is 7.87. The lowest BCUT2D eigenvalue weighted by Crippen LogP contribution is -2.21. The standard InChI is InChI=1S/C27H25N3O3S/c1-30(2)27(32)19-9-11-20(12-10-19)28-25(31)17-34-26-16-23(18-7-5-4-6-8-18)22-14-13-21(33-3)15-24(22)29-26/h4-16H,17H2,1-3H3,(H,28,31). The number of pyridine rings is 1. The Morgan fingerprint density at radius 2 is 1.71 bits per heavy atom. The van der Waals surface area contributed by atoms with E-state index in [1.165, 1.54) is 16.7 Å². The van der Waals surface area contributed by atoms with E-state index in [9.17, 15) is 9.59 Å². The van der Waals surface area contributed by atoms with Crippen LogP contribution in [0.15, 0.2) is 83.9 Å². The van der Waals surface area contributed by atoms with Gasteiger partial charge in [-0.3, -0.25) is 9.59 Å². The van der Waals surface area contributed by atoms with Crippen molar-refractivity contribution < 1.29 is 14.3 Å². The Kier molecular flexibility index (Phi) is 7.13. The maximum absolute atomic E-state index is 12.6. The van der Waals surface area contributed by atoms with Gasteiger partial charge in [0.25, 0.3) is 5.91 Å². The van der Waals surface area contributed by atoms with Crippen molar-refractivity contribution in [2.75, 3.05) is 32.3 Å². The molecule has 2 amide bonds. The highest BCUT2D eigenvalue weighted by Crippen LogP contribution is 2.33. The van der Waals surface area contributed by atoms with Crippen LogP contribution in [0.2, 0.25) is 0 Å². The third-order valence-electron chi connectivity index (χ3n) is 5.25. The number of carbonyl (C=O) groups excluding carboxylic acids is 2. The van der Waals surface area contributed by atoms with Crippen LogP contribution >= 0.6 is 11.8 Å². The van der Waals surface area contributed by atoms with Crippen molar-refractivity contribution in [2.24, 2.45) is 0 Å². The molecule has 1 N–H and O–H groups in total. The summed E-state index contributed by atoms with van der Waals surface area (Å²) in [6, 6.07) is 24.8. The Morgan fingerprint density at radius 3 is 2.38 bits per heavy atom. The fourth-order valence-electron chi connectivity index (χ4n) is 3.53. The minimum Gasteiger partial charge on any atom is -0.497 e. The van der Waals surface area contributed by atoms with Gasteiger partial charge in [0.05, 0.1) is 23.4 Å². The SMILES string of the molecule is COc1ccc2c(-c3ccccc3)cc(SCC(=O)Nc3ccc(C(=O)N(C)C)cc3)nc2c1. The molecule has 7 heteroatoms. The molecule has 34 heavy (non-hydrogen) atoms. The molecule has 0 unspecified atom stereocenters. The maximum atomic E-state index is 12.6. The maximum Gasteiger partial charge on any atom is 0.253 e. The zero-order valence-electron chi connectivity index (χ0n) is 19.2. The van der Waals surface area contributed by atoms with E-state index in [1.54, 1.807) is 45.5 Å². The number of thioether (sulfide) groups is 1. The minimum absolute atomic E-state index is 0.0818. The van der Waals surface area contributed by atoms with Crippen molar-refractivity contribution in [2.45, 2.75) is 5.03 Å². The zero-order chi connectivity index (χ0) is 24.1. The first-order valence-corrected chi connectivity index (χ1v) is 11.7. The van der Waals surface area contributed by atoms with E-state index in [0.29, 0.717) is 11.3 Å². The van der Waals surface area contributed by atoms with Crippen LogP contribution in [0.1, 0.15) is 10.4 Å². The van der Waals surface area contributed by atoms with Crippen LogP contribution in [0, 0.1) is 0 Å². The van der Waals surface area contributed by atoms with Gasteiger partial charge in [0.2, 0.25) is 5.91 Å². The number of hydrogen-bond donors (Lipinski definition) is 1. The first-order chi connectivity index (χ1) is 16.4. The van der Waals surface area contributed by atoms with Gasteiger partial charge in [-0.05, 0) is 53.6 Å². The van der Waals surface area contributed by atoms with Gasteiger partial charge >= 0.3 is 0 Å². The Bertz CT molecular complexity index is 1320. The fourth-order valence-corrected chi connectivity index (χ4v) is 4.25. The summed E-state index contributed by atoms with van der Waals surface area (Å²) in [6.07, 6.45) is 0.